The quantitative estimate of drug-likeness (QED) is 0.902. The fraction of sp³-hybridized carbons (Fsp3) is 0.200. The van der Waals surface area contributed by atoms with E-state index in [0.29, 0.717) is 12.4 Å². The minimum absolute atomic E-state index is 0.359. The topological polar surface area (TPSA) is 56.7 Å². The maximum atomic E-state index is 5.50. The van der Waals surface area contributed by atoms with Crippen molar-refractivity contribution in [1.82, 2.24) is 14.8 Å². The molecular weight excluding hydrogens is 256 g/mol. The maximum Gasteiger partial charge on any atom is 0.164 e. The first kappa shape index (κ1) is 10.3. The van der Waals surface area contributed by atoms with Gasteiger partial charge in [-0.05, 0) is 35.0 Å². The van der Waals surface area contributed by atoms with Crippen molar-refractivity contribution in [1.29, 1.82) is 0 Å². The number of hydrogen-bond donors (Lipinski definition) is 1. The number of hydrogen-bond acceptors (Lipinski definition) is 3. The van der Waals surface area contributed by atoms with Gasteiger partial charge in [0.25, 0.3) is 0 Å². The number of aryl methyl sites for hydroxylation is 1. The molecule has 1 heterocycles. The Kier molecular flexibility index (Phi) is 2.83. The van der Waals surface area contributed by atoms with E-state index in [9.17, 15) is 0 Å². The van der Waals surface area contributed by atoms with Crippen LogP contribution in [0, 0.1) is 6.92 Å². The van der Waals surface area contributed by atoms with E-state index in [2.05, 4.69) is 26.0 Å². The number of aromatic nitrogens is 3. The second-order valence-electron chi connectivity index (χ2n) is 3.14. The molecule has 2 rings (SSSR count). The molecule has 2 N–H and O–H groups in total. The summed E-state index contributed by atoms with van der Waals surface area (Å²) in [6.45, 7) is 2.27. The second kappa shape index (κ2) is 4.12. The number of para-hydroxylation sites is 1. The molecule has 0 spiro atoms. The average molecular weight is 267 g/mol. The highest BCUT2D eigenvalue weighted by molar-refractivity contribution is 9.10. The summed E-state index contributed by atoms with van der Waals surface area (Å²) < 4.78 is 2.77. The highest BCUT2D eigenvalue weighted by Gasteiger charge is 2.08. The standard InChI is InChI=1S/C10H11BrN4/c1-7-13-10(6-12)14-15(7)9-5-3-2-4-8(9)11/h2-5H,6,12H2,1H3. The van der Waals surface area contributed by atoms with Gasteiger partial charge < -0.3 is 5.73 Å². The van der Waals surface area contributed by atoms with Crippen LogP contribution in [0.5, 0.6) is 0 Å². The van der Waals surface area contributed by atoms with Crippen LogP contribution >= 0.6 is 15.9 Å². The van der Waals surface area contributed by atoms with E-state index in [1.165, 1.54) is 0 Å². The Morgan fingerprint density at radius 1 is 1.40 bits per heavy atom. The molecule has 0 saturated heterocycles. The van der Waals surface area contributed by atoms with Gasteiger partial charge in [0.05, 0.1) is 12.2 Å². The number of benzene rings is 1. The molecule has 0 unspecified atom stereocenters. The van der Waals surface area contributed by atoms with Crippen LogP contribution in [0.15, 0.2) is 28.7 Å². The Labute approximate surface area is 96.3 Å². The predicted octanol–water partition coefficient (Wildman–Crippen LogP) is 1.80. The lowest BCUT2D eigenvalue weighted by Gasteiger charge is -2.04. The van der Waals surface area contributed by atoms with Gasteiger partial charge in [-0.1, -0.05) is 12.1 Å². The van der Waals surface area contributed by atoms with Gasteiger partial charge in [-0.2, -0.15) is 0 Å². The molecule has 1 aromatic heterocycles. The van der Waals surface area contributed by atoms with Gasteiger partial charge in [0, 0.05) is 4.47 Å². The van der Waals surface area contributed by atoms with E-state index in [1.54, 1.807) is 4.68 Å². The average Bonchev–Trinajstić information content (AvgIpc) is 2.60. The summed E-state index contributed by atoms with van der Waals surface area (Å²) in [6.07, 6.45) is 0. The lowest BCUT2D eigenvalue weighted by atomic mass is 10.3. The van der Waals surface area contributed by atoms with Crippen molar-refractivity contribution in [3.05, 3.63) is 40.4 Å². The molecule has 2 aromatic rings. The molecular formula is C10H11BrN4. The number of nitrogens with zero attached hydrogens (tertiary/aromatic N) is 3. The van der Waals surface area contributed by atoms with Crippen LogP contribution in [0.25, 0.3) is 5.69 Å². The second-order valence-corrected chi connectivity index (χ2v) is 4.00. The predicted molar refractivity (Wildman–Crippen MR) is 61.7 cm³/mol. The fourth-order valence-corrected chi connectivity index (χ4v) is 1.84. The molecule has 0 saturated carbocycles. The molecule has 0 aliphatic carbocycles. The monoisotopic (exact) mass is 266 g/mol. The zero-order valence-corrected chi connectivity index (χ0v) is 9.90. The Morgan fingerprint density at radius 3 is 2.73 bits per heavy atom. The zero-order valence-electron chi connectivity index (χ0n) is 8.31. The van der Waals surface area contributed by atoms with Crippen LogP contribution in [0.4, 0.5) is 0 Å². The first-order valence-electron chi connectivity index (χ1n) is 4.60. The van der Waals surface area contributed by atoms with Gasteiger partial charge in [-0.3, -0.25) is 0 Å². The Balaban J connectivity index is 2.54. The molecule has 15 heavy (non-hydrogen) atoms. The SMILES string of the molecule is Cc1nc(CN)nn1-c1ccccc1Br. The molecule has 0 amide bonds. The Bertz CT molecular complexity index is 478. The van der Waals surface area contributed by atoms with Crippen LogP contribution in [0.3, 0.4) is 0 Å². The van der Waals surface area contributed by atoms with Crippen LogP contribution < -0.4 is 5.73 Å². The molecule has 0 fully saturated rings. The Morgan fingerprint density at radius 2 is 2.13 bits per heavy atom. The van der Waals surface area contributed by atoms with Crippen molar-refractivity contribution in [2.45, 2.75) is 13.5 Å². The molecule has 0 aliphatic heterocycles. The van der Waals surface area contributed by atoms with E-state index in [4.69, 9.17) is 5.73 Å². The highest BCUT2D eigenvalue weighted by atomic mass is 79.9. The van der Waals surface area contributed by atoms with Gasteiger partial charge in [0.1, 0.15) is 5.82 Å². The van der Waals surface area contributed by atoms with Crippen molar-refractivity contribution in [3.63, 3.8) is 0 Å². The fourth-order valence-electron chi connectivity index (χ4n) is 1.38. The maximum absolute atomic E-state index is 5.50. The van der Waals surface area contributed by atoms with Crippen LogP contribution in [0.2, 0.25) is 0 Å². The lowest BCUT2D eigenvalue weighted by molar-refractivity contribution is 0.809. The van der Waals surface area contributed by atoms with Gasteiger partial charge in [0.15, 0.2) is 5.82 Å². The highest BCUT2D eigenvalue weighted by Crippen LogP contribution is 2.20. The van der Waals surface area contributed by atoms with Crippen molar-refractivity contribution in [2.75, 3.05) is 0 Å². The van der Waals surface area contributed by atoms with Crippen LogP contribution in [0.1, 0.15) is 11.6 Å². The normalized spacial score (nSPS) is 10.6. The van der Waals surface area contributed by atoms with Gasteiger partial charge >= 0.3 is 0 Å². The molecule has 0 aliphatic rings. The number of halogens is 1. The van der Waals surface area contributed by atoms with E-state index < -0.39 is 0 Å². The summed E-state index contributed by atoms with van der Waals surface area (Å²) in [7, 11) is 0. The molecule has 4 nitrogen and oxygen atoms in total. The zero-order chi connectivity index (χ0) is 10.8. The van der Waals surface area contributed by atoms with E-state index in [1.807, 2.05) is 31.2 Å². The minimum Gasteiger partial charge on any atom is -0.324 e. The van der Waals surface area contributed by atoms with Gasteiger partial charge in [-0.25, -0.2) is 9.67 Å². The Hall–Kier alpha value is -1.20. The summed E-state index contributed by atoms with van der Waals surface area (Å²) >= 11 is 3.48. The molecule has 1 aromatic carbocycles. The third-order valence-electron chi connectivity index (χ3n) is 2.08. The van der Waals surface area contributed by atoms with Crippen LogP contribution in [-0.4, -0.2) is 14.8 Å². The number of rotatable bonds is 2. The van der Waals surface area contributed by atoms with Crippen molar-refractivity contribution < 1.29 is 0 Å². The summed E-state index contributed by atoms with van der Waals surface area (Å²) in [4.78, 5) is 4.25. The van der Waals surface area contributed by atoms with Crippen molar-refractivity contribution in [3.8, 4) is 5.69 Å². The van der Waals surface area contributed by atoms with Crippen molar-refractivity contribution >= 4 is 15.9 Å². The molecule has 0 bridgehead atoms. The van der Waals surface area contributed by atoms with E-state index >= 15 is 0 Å². The largest absolute Gasteiger partial charge is 0.324 e. The number of nitrogens with two attached hydrogens (primary N) is 1. The molecule has 5 heteroatoms. The summed E-state index contributed by atoms with van der Waals surface area (Å²) in [5.74, 6) is 1.49. The van der Waals surface area contributed by atoms with Crippen molar-refractivity contribution in [2.24, 2.45) is 5.73 Å². The molecule has 0 radical (unpaired) electrons. The lowest BCUT2D eigenvalue weighted by Crippen LogP contribution is -2.02. The third kappa shape index (κ3) is 1.93. The van der Waals surface area contributed by atoms with Gasteiger partial charge in [0.2, 0.25) is 0 Å². The van der Waals surface area contributed by atoms with Crippen LogP contribution in [-0.2, 0) is 6.54 Å². The molecule has 0 atom stereocenters. The minimum atomic E-state index is 0.359. The first-order chi connectivity index (χ1) is 7.22. The van der Waals surface area contributed by atoms with Gasteiger partial charge in [-0.15, -0.1) is 5.10 Å². The molecule has 78 valence electrons. The van der Waals surface area contributed by atoms with E-state index in [0.717, 1.165) is 16.0 Å². The smallest absolute Gasteiger partial charge is 0.164 e. The van der Waals surface area contributed by atoms with E-state index in [-0.39, 0.29) is 0 Å². The summed E-state index contributed by atoms with van der Waals surface area (Å²) in [5.41, 5.74) is 6.47. The summed E-state index contributed by atoms with van der Waals surface area (Å²) in [5, 5.41) is 4.31. The third-order valence-corrected chi connectivity index (χ3v) is 2.75. The first-order valence-corrected chi connectivity index (χ1v) is 5.39. The summed E-state index contributed by atoms with van der Waals surface area (Å²) in [6, 6.07) is 7.87.